The van der Waals surface area contributed by atoms with Crippen molar-refractivity contribution in [1.82, 2.24) is 4.72 Å². The molecule has 0 bridgehead atoms. The van der Waals surface area contributed by atoms with Crippen LogP contribution >= 0.6 is 22.9 Å². The maximum absolute atomic E-state index is 12.8. The number of aliphatic imine (C=N–C) groups is 1. The van der Waals surface area contributed by atoms with Crippen LogP contribution in [0.5, 0.6) is 5.75 Å². The maximum Gasteiger partial charge on any atom is 0.272 e. The number of hydrogen-bond donors (Lipinski definition) is 1. The predicted octanol–water partition coefficient (Wildman–Crippen LogP) is 4.30. The smallest absolute Gasteiger partial charge is 0.272 e. The predicted molar refractivity (Wildman–Crippen MR) is 117 cm³/mol. The number of hydrogen-bond acceptors (Lipinski definition) is 6. The summed E-state index contributed by atoms with van der Waals surface area (Å²) in [6.07, 6.45) is 0.520. The summed E-state index contributed by atoms with van der Waals surface area (Å²) in [6.45, 7) is 0. The van der Waals surface area contributed by atoms with Gasteiger partial charge >= 0.3 is 0 Å². The summed E-state index contributed by atoms with van der Waals surface area (Å²) in [7, 11) is -2.31. The van der Waals surface area contributed by atoms with Gasteiger partial charge in [0.05, 0.1) is 34.7 Å². The van der Waals surface area contributed by atoms with Crippen LogP contribution in [0.1, 0.15) is 28.3 Å². The van der Waals surface area contributed by atoms with Gasteiger partial charge in [0.1, 0.15) is 15.8 Å². The molecule has 0 radical (unpaired) electrons. The molecule has 1 unspecified atom stereocenters. The van der Waals surface area contributed by atoms with Crippen LogP contribution < -0.4 is 9.46 Å². The lowest BCUT2D eigenvalue weighted by atomic mass is 9.96. The molecule has 4 rings (SSSR count). The van der Waals surface area contributed by atoms with E-state index in [1.165, 1.54) is 19.2 Å². The molecule has 152 valence electrons. The average molecular weight is 458 g/mol. The molecule has 30 heavy (non-hydrogen) atoms. The van der Waals surface area contributed by atoms with E-state index in [0.29, 0.717) is 27.6 Å². The number of sulfonamides is 1. The molecule has 2 aromatic carbocycles. The number of nitrogens with zero attached hydrogens (tertiary/aromatic N) is 2. The molecule has 1 aliphatic rings. The fourth-order valence-electron chi connectivity index (χ4n) is 3.38. The van der Waals surface area contributed by atoms with E-state index in [9.17, 15) is 8.42 Å². The summed E-state index contributed by atoms with van der Waals surface area (Å²) in [4.78, 5) is 4.67. The van der Waals surface area contributed by atoms with E-state index in [-0.39, 0.29) is 16.1 Å². The Balaban J connectivity index is 1.73. The molecule has 3 aromatic rings. The molecule has 0 fully saturated rings. The van der Waals surface area contributed by atoms with Crippen LogP contribution in [0.2, 0.25) is 4.34 Å². The second kappa shape index (κ2) is 8.11. The molecule has 1 aliphatic heterocycles. The number of methoxy groups -OCH3 is 1. The Kier molecular flexibility index (Phi) is 5.52. The van der Waals surface area contributed by atoms with Crippen molar-refractivity contribution in [2.45, 2.75) is 16.7 Å². The average Bonchev–Trinajstić information content (AvgIpc) is 3.32. The van der Waals surface area contributed by atoms with Crippen molar-refractivity contribution in [2.24, 2.45) is 4.99 Å². The Morgan fingerprint density at radius 2 is 2.03 bits per heavy atom. The SMILES string of the molecule is COc1cccc2c1C(NS(=O)(=O)c1ccc(Cl)s1)=NC2Cc1cccc(C#N)c1. The Bertz CT molecular complexity index is 1290. The minimum Gasteiger partial charge on any atom is -0.496 e. The van der Waals surface area contributed by atoms with Gasteiger partial charge in [0.2, 0.25) is 0 Å². The van der Waals surface area contributed by atoms with Gasteiger partial charge in [-0.2, -0.15) is 5.26 Å². The monoisotopic (exact) mass is 457 g/mol. The third kappa shape index (κ3) is 3.92. The number of benzene rings is 2. The van der Waals surface area contributed by atoms with E-state index < -0.39 is 10.0 Å². The van der Waals surface area contributed by atoms with E-state index in [0.717, 1.165) is 22.5 Å². The number of thiophene rings is 1. The Morgan fingerprint density at radius 1 is 1.23 bits per heavy atom. The van der Waals surface area contributed by atoms with Crippen molar-refractivity contribution < 1.29 is 13.2 Å². The number of nitrogens with one attached hydrogen (secondary N) is 1. The summed E-state index contributed by atoms with van der Waals surface area (Å²) < 4.78 is 34.2. The standard InChI is InChI=1S/C21H16ClN3O3S2/c1-28-17-7-3-6-15-16(11-13-4-2-5-14(10-13)12-23)24-21(20(15)17)25-30(26,27)19-9-8-18(22)29-19/h2-10,16H,11H2,1H3,(H,24,25). The number of amidine groups is 1. The first-order chi connectivity index (χ1) is 14.4. The lowest BCUT2D eigenvalue weighted by Gasteiger charge is -2.12. The first kappa shape index (κ1) is 20.4. The number of rotatable bonds is 5. The largest absolute Gasteiger partial charge is 0.496 e. The van der Waals surface area contributed by atoms with Crippen molar-refractivity contribution in [3.8, 4) is 11.8 Å². The summed E-state index contributed by atoms with van der Waals surface area (Å²) in [5.74, 6) is 0.764. The summed E-state index contributed by atoms with van der Waals surface area (Å²) in [5.41, 5.74) is 2.98. The molecule has 9 heteroatoms. The normalized spacial score (nSPS) is 15.2. The lowest BCUT2D eigenvalue weighted by Crippen LogP contribution is -2.30. The van der Waals surface area contributed by atoms with Gasteiger partial charge in [-0.25, -0.2) is 8.42 Å². The fraction of sp³-hybridized carbons (Fsp3) is 0.143. The third-order valence-corrected chi connectivity index (χ3v) is 7.75. The molecule has 1 aromatic heterocycles. The minimum atomic E-state index is -3.84. The highest BCUT2D eigenvalue weighted by molar-refractivity contribution is 7.92. The summed E-state index contributed by atoms with van der Waals surface area (Å²) >= 11 is 6.88. The van der Waals surface area contributed by atoms with Gasteiger partial charge in [-0.15, -0.1) is 11.3 Å². The van der Waals surface area contributed by atoms with Crippen LogP contribution in [0.15, 0.2) is 63.8 Å². The second-order valence-corrected chi connectivity index (χ2v) is 10.2. The summed E-state index contributed by atoms with van der Waals surface area (Å²) in [5, 5.41) is 9.15. The molecule has 1 N–H and O–H groups in total. The van der Waals surface area contributed by atoms with Crippen LogP contribution in [0.3, 0.4) is 0 Å². The third-order valence-electron chi connectivity index (χ3n) is 4.69. The number of ether oxygens (including phenoxy) is 1. The van der Waals surface area contributed by atoms with Crippen molar-refractivity contribution >= 4 is 38.8 Å². The molecule has 2 heterocycles. The van der Waals surface area contributed by atoms with Crippen LogP contribution in [0.4, 0.5) is 0 Å². The molecule has 0 aliphatic carbocycles. The van der Waals surface area contributed by atoms with Crippen molar-refractivity contribution in [3.05, 3.63) is 81.2 Å². The lowest BCUT2D eigenvalue weighted by molar-refractivity contribution is 0.413. The van der Waals surface area contributed by atoms with Gasteiger partial charge in [-0.3, -0.25) is 9.71 Å². The van der Waals surface area contributed by atoms with Crippen LogP contribution in [0, 0.1) is 11.3 Å². The van der Waals surface area contributed by atoms with Crippen LogP contribution in [-0.2, 0) is 16.4 Å². The minimum absolute atomic E-state index is 0.108. The van der Waals surface area contributed by atoms with E-state index in [4.69, 9.17) is 21.6 Å². The van der Waals surface area contributed by atoms with Gasteiger partial charge in [-0.05, 0) is 47.9 Å². The zero-order chi connectivity index (χ0) is 21.3. The van der Waals surface area contributed by atoms with E-state index in [1.807, 2.05) is 30.3 Å². The Labute approximate surface area is 183 Å². The van der Waals surface area contributed by atoms with Crippen LogP contribution in [-0.4, -0.2) is 21.4 Å². The molecule has 0 spiro atoms. The van der Waals surface area contributed by atoms with E-state index >= 15 is 0 Å². The Hall–Kier alpha value is -2.86. The van der Waals surface area contributed by atoms with Gasteiger partial charge in [0, 0.05) is 0 Å². The fourth-order valence-corrected chi connectivity index (χ4v) is 5.89. The number of halogens is 1. The van der Waals surface area contributed by atoms with E-state index in [1.54, 1.807) is 12.1 Å². The molecule has 1 atom stereocenters. The second-order valence-electron chi connectivity index (χ2n) is 6.60. The van der Waals surface area contributed by atoms with Crippen molar-refractivity contribution in [2.75, 3.05) is 7.11 Å². The van der Waals surface area contributed by atoms with Crippen LogP contribution in [0.25, 0.3) is 0 Å². The highest BCUT2D eigenvalue weighted by Crippen LogP contribution is 2.37. The molecular weight excluding hydrogens is 442 g/mol. The maximum atomic E-state index is 12.8. The highest BCUT2D eigenvalue weighted by Gasteiger charge is 2.31. The first-order valence-corrected chi connectivity index (χ1v) is 11.6. The molecular formula is C21H16ClN3O3S2. The summed E-state index contributed by atoms with van der Waals surface area (Å²) in [6, 6.07) is 17.6. The zero-order valence-electron chi connectivity index (χ0n) is 15.8. The molecule has 0 saturated heterocycles. The first-order valence-electron chi connectivity index (χ1n) is 8.93. The van der Waals surface area contributed by atoms with Gasteiger partial charge in [-0.1, -0.05) is 35.9 Å². The van der Waals surface area contributed by atoms with Gasteiger partial charge in [0.15, 0.2) is 0 Å². The van der Waals surface area contributed by atoms with Gasteiger partial charge in [0.25, 0.3) is 10.0 Å². The van der Waals surface area contributed by atoms with E-state index in [2.05, 4.69) is 15.8 Å². The van der Waals surface area contributed by atoms with Crippen molar-refractivity contribution in [3.63, 3.8) is 0 Å². The van der Waals surface area contributed by atoms with Gasteiger partial charge < -0.3 is 4.74 Å². The highest BCUT2D eigenvalue weighted by atomic mass is 35.5. The number of fused-ring (bicyclic) bond motifs is 1. The molecule has 0 saturated carbocycles. The van der Waals surface area contributed by atoms with Crippen molar-refractivity contribution in [1.29, 1.82) is 5.26 Å². The quantitative estimate of drug-likeness (QED) is 0.618. The number of nitriles is 1. The topological polar surface area (TPSA) is 91.5 Å². The zero-order valence-corrected chi connectivity index (χ0v) is 18.2. The molecule has 0 amide bonds. The molecule has 6 nitrogen and oxygen atoms in total. The Morgan fingerprint density at radius 3 is 2.73 bits per heavy atom.